The highest BCUT2D eigenvalue weighted by molar-refractivity contribution is 7.19. The molecule has 1 aliphatic rings. The number of ether oxygens (including phenoxy) is 1. The number of imidazole rings is 1. The van der Waals surface area contributed by atoms with E-state index in [9.17, 15) is 9.90 Å². The number of carbonyl (C=O) groups is 1. The van der Waals surface area contributed by atoms with Crippen LogP contribution < -0.4 is 0 Å². The third-order valence-corrected chi connectivity index (χ3v) is 7.73. The van der Waals surface area contributed by atoms with Crippen LogP contribution in [-0.2, 0) is 29.4 Å². The maximum atomic E-state index is 12.3. The fourth-order valence-electron chi connectivity index (χ4n) is 4.95. The van der Waals surface area contributed by atoms with Gasteiger partial charge in [0.25, 0.3) is 0 Å². The van der Waals surface area contributed by atoms with Crippen LogP contribution in [0, 0.1) is 13.8 Å². The van der Waals surface area contributed by atoms with Crippen LogP contribution in [-0.4, -0.2) is 32.2 Å². The van der Waals surface area contributed by atoms with Crippen LogP contribution in [0.5, 0.6) is 0 Å². The summed E-state index contributed by atoms with van der Waals surface area (Å²) in [6.45, 7) is 6.03. The zero-order chi connectivity index (χ0) is 22.6. The lowest BCUT2D eigenvalue weighted by Crippen LogP contribution is -2.18. The van der Waals surface area contributed by atoms with Gasteiger partial charge in [0.1, 0.15) is 10.7 Å². The molecule has 0 aliphatic heterocycles. The summed E-state index contributed by atoms with van der Waals surface area (Å²) < 4.78 is 7.84. The van der Waals surface area contributed by atoms with Crippen molar-refractivity contribution in [3.8, 4) is 11.1 Å². The number of pyridine rings is 1. The Bertz CT molecular complexity index is 1370. The summed E-state index contributed by atoms with van der Waals surface area (Å²) >= 11 is 1.76. The highest BCUT2D eigenvalue weighted by Crippen LogP contribution is 2.45. The van der Waals surface area contributed by atoms with E-state index in [1.807, 2.05) is 33.9 Å². The largest absolute Gasteiger partial charge is 0.479 e. The van der Waals surface area contributed by atoms with E-state index in [2.05, 4.69) is 21.7 Å². The first-order valence-electron chi connectivity index (χ1n) is 11.1. The third kappa shape index (κ3) is 3.22. The van der Waals surface area contributed by atoms with E-state index < -0.39 is 12.1 Å². The number of thiophene rings is 1. The van der Waals surface area contributed by atoms with Crippen molar-refractivity contribution in [2.75, 3.05) is 6.61 Å². The van der Waals surface area contributed by atoms with E-state index in [0.29, 0.717) is 17.9 Å². The quantitative estimate of drug-likeness (QED) is 0.435. The van der Waals surface area contributed by atoms with E-state index in [1.165, 1.54) is 16.9 Å². The number of hydrogen-bond acceptors (Lipinski definition) is 5. The average molecular weight is 450 g/mol. The second kappa shape index (κ2) is 7.98. The number of aromatic nitrogens is 3. The van der Waals surface area contributed by atoms with Gasteiger partial charge in [-0.25, -0.2) is 14.8 Å². The van der Waals surface area contributed by atoms with Crippen molar-refractivity contribution in [2.24, 2.45) is 7.05 Å². The van der Waals surface area contributed by atoms with E-state index in [4.69, 9.17) is 9.72 Å². The molecule has 0 saturated carbocycles. The molecule has 1 aliphatic carbocycles. The number of benzene rings is 1. The van der Waals surface area contributed by atoms with Gasteiger partial charge in [-0.1, -0.05) is 6.07 Å². The lowest BCUT2D eigenvalue weighted by atomic mass is 9.88. The highest BCUT2D eigenvalue weighted by atomic mass is 32.1. The third-order valence-electron chi connectivity index (χ3n) is 6.54. The van der Waals surface area contributed by atoms with Gasteiger partial charge < -0.3 is 14.4 Å². The van der Waals surface area contributed by atoms with Gasteiger partial charge in [-0.15, -0.1) is 11.3 Å². The van der Waals surface area contributed by atoms with E-state index in [-0.39, 0.29) is 0 Å². The minimum absolute atomic E-state index is 0.315. The number of nitrogens with zero attached hydrogens (tertiary/aromatic N) is 3. The first-order chi connectivity index (χ1) is 15.4. The van der Waals surface area contributed by atoms with Gasteiger partial charge in [-0.05, 0) is 69.7 Å². The maximum absolute atomic E-state index is 12.3. The van der Waals surface area contributed by atoms with Gasteiger partial charge in [-0.2, -0.15) is 0 Å². The number of rotatable bonds is 5. The Balaban J connectivity index is 1.90. The number of aliphatic carboxylic acids is 1. The summed E-state index contributed by atoms with van der Waals surface area (Å²) in [5.74, 6) is -0.0435. The zero-order valence-electron chi connectivity index (χ0n) is 18.9. The molecule has 6 nitrogen and oxygen atoms in total. The van der Waals surface area contributed by atoms with E-state index >= 15 is 0 Å². The molecule has 0 saturated heterocycles. The predicted molar refractivity (Wildman–Crippen MR) is 127 cm³/mol. The van der Waals surface area contributed by atoms with Gasteiger partial charge in [0.05, 0.1) is 11.0 Å². The lowest BCUT2D eigenvalue weighted by molar-refractivity contribution is -0.150. The van der Waals surface area contributed by atoms with Gasteiger partial charge in [0.2, 0.25) is 0 Å². The predicted octanol–water partition coefficient (Wildman–Crippen LogP) is 5.51. The molecule has 1 atom stereocenters. The number of hydrogen-bond donors (Lipinski definition) is 1. The lowest BCUT2D eigenvalue weighted by Gasteiger charge is -2.21. The van der Waals surface area contributed by atoms with Crippen LogP contribution in [0.15, 0.2) is 18.2 Å². The van der Waals surface area contributed by atoms with Crippen LogP contribution in [0.4, 0.5) is 0 Å². The van der Waals surface area contributed by atoms with Gasteiger partial charge in [-0.3, -0.25) is 0 Å². The number of carboxylic acid groups (broad SMARTS) is 1. The first kappa shape index (κ1) is 21.1. The van der Waals surface area contributed by atoms with Crippen LogP contribution in [0.1, 0.15) is 53.4 Å². The molecule has 7 heteroatoms. The Labute approximate surface area is 190 Å². The summed E-state index contributed by atoms with van der Waals surface area (Å²) in [4.78, 5) is 24.2. The molecule has 1 N–H and O–H groups in total. The minimum Gasteiger partial charge on any atom is -0.479 e. The molecule has 0 bridgehead atoms. The van der Waals surface area contributed by atoms with Crippen molar-refractivity contribution in [1.29, 1.82) is 0 Å². The Hall–Kier alpha value is -2.77. The fraction of sp³-hybridized carbons (Fsp3) is 0.400. The molecule has 3 heterocycles. The Morgan fingerprint density at radius 3 is 2.78 bits per heavy atom. The SMILES string of the molecule is CCOC(C(=O)O)c1c(C)nc2sc3c(c2c1-c1ccc2nc(C)n(C)c2c1)CCCC3. The Kier molecular flexibility index (Phi) is 5.26. The summed E-state index contributed by atoms with van der Waals surface area (Å²) in [5.41, 5.74) is 6.62. The molecule has 0 spiro atoms. The molecule has 1 unspecified atom stereocenters. The summed E-state index contributed by atoms with van der Waals surface area (Å²) in [6, 6.07) is 6.22. The fourth-order valence-corrected chi connectivity index (χ4v) is 6.26. The summed E-state index contributed by atoms with van der Waals surface area (Å²) in [6.07, 6.45) is 3.35. The molecular weight excluding hydrogens is 422 g/mol. The minimum atomic E-state index is -1.06. The van der Waals surface area contributed by atoms with Crippen molar-refractivity contribution < 1.29 is 14.6 Å². The second-order valence-electron chi connectivity index (χ2n) is 8.47. The maximum Gasteiger partial charge on any atom is 0.337 e. The van der Waals surface area contributed by atoms with Crippen molar-refractivity contribution >= 4 is 38.6 Å². The smallest absolute Gasteiger partial charge is 0.337 e. The topological polar surface area (TPSA) is 77.2 Å². The van der Waals surface area contributed by atoms with Crippen LogP contribution in [0.2, 0.25) is 0 Å². The van der Waals surface area contributed by atoms with Crippen molar-refractivity contribution in [3.63, 3.8) is 0 Å². The first-order valence-corrected chi connectivity index (χ1v) is 11.9. The average Bonchev–Trinajstić information content (AvgIpc) is 3.27. The van der Waals surface area contributed by atoms with E-state index in [0.717, 1.165) is 57.5 Å². The van der Waals surface area contributed by atoms with Crippen molar-refractivity contribution in [2.45, 2.75) is 52.6 Å². The molecule has 1 aromatic carbocycles. The number of carboxylic acids is 1. The molecule has 166 valence electrons. The summed E-state index contributed by atoms with van der Waals surface area (Å²) in [5, 5.41) is 11.2. The van der Waals surface area contributed by atoms with Crippen LogP contribution in [0.3, 0.4) is 0 Å². The molecule has 0 amide bonds. The summed E-state index contributed by atoms with van der Waals surface area (Å²) in [7, 11) is 2.01. The zero-order valence-corrected chi connectivity index (χ0v) is 19.7. The van der Waals surface area contributed by atoms with Gasteiger partial charge >= 0.3 is 5.97 Å². The van der Waals surface area contributed by atoms with Crippen molar-refractivity contribution in [3.05, 3.63) is 45.7 Å². The molecule has 5 rings (SSSR count). The Morgan fingerprint density at radius 2 is 2.03 bits per heavy atom. The molecule has 0 fully saturated rings. The van der Waals surface area contributed by atoms with Crippen LogP contribution in [0.25, 0.3) is 32.4 Å². The monoisotopic (exact) mass is 449 g/mol. The molecular formula is C25H27N3O3S. The van der Waals surface area contributed by atoms with Crippen LogP contribution >= 0.6 is 11.3 Å². The molecule has 0 radical (unpaired) electrons. The molecule has 32 heavy (non-hydrogen) atoms. The number of aryl methyl sites for hydroxylation is 5. The van der Waals surface area contributed by atoms with Gasteiger partial charge in [0.15, 0.2) is 6.10 Å². The van der Waals surface area contributed by atoms with Gasteiger partial charge in [0, 0.05) is 40.7 Å². The standard InChI is InChI=1S/C25H27N3O3S/c1-5-31-23(25(29)30)20-13(2)26-24-22(16-8-6-7-9-19(16)32-24)21(20)15-10-11-17-18(12-15)28(4)14(3)27-17/h10-12,23H,5-9H2,1-4H3,(H,29,30). The highest BCUT2D eigenvalue weighted by Gasteiger charge is 2.31. The number of fused-ring (bicyclic) bond motifs is 4. The molecule has 3 aromatic heterocycles. The normalized spacial score (nSPS) is 14.8. The molecule has 4 aromatic rings. The second-order valence-corrected chi connectivity index (χ2v) is 9.56. The Morgan fingerprint density at radius 1 is 1.25 bits per heavy atom. The van der Waals surface area contributed by atoms with E-state index in [1.54, 1.807) is 11.3 Å². The van der Waals surface area contributed by atoms with Crippen molar-refractivity contribution in [1.82, 2.24) is 14.5 Å².